The number of rotatable bonds is 7. The molecule has 1 atom stereocenters. The summed E-state index contributed by atoms with van der Waals surface area (Å²) in [5, 5.41) is 4.98. The maximum Gasteiger partial charge on any atom is 0.262 e. The molecular formula is C17H19BrN4O3S. The number of ether oxygens (including phenoxy) is 1. The molecule has 0 bridgehead atoms. The van der Waals surface area contributed by atoms with E-state index >= 15 is 0 Å². The second-order valence-electron chi connectivity index (χ2n) is 5.67. The van der Waals surface area contributed by atoms with Crippen LogP contribution in [0.5, 0.6) is 0 Å². The number of nitrogens with zero attached hydrogens (tertiary/aromatic N) is 4. The molecule has 9 heteroatoms. The van der Waals surface area contributed by atoms with Crippen LogP contribution in [0.2, 0.25) is 0 Å². The van der Waals surface area contributed by atoms with Gasteiger partial charge in [0.15, 0.2) is 11.0 Å². The van der Waals surface area contributed by atoms with Gasteiger partial charge in [0, 0.05) is 18.0 Å². The van der Waals surface area contributed by atoms with Crippen molar-refractivity contribution in [1.29, 1.82) is 0 Å². The molecule has 2 heterocycles. The fourth-order valence-electron chi connectivity index (χ4n) is 2.43. The summed E-state index contributed by atoms with van der Waals surface area (Å²) in [5.74, 6) is 1.19. The first kappa shape index (κ1) is 19.1. The zero-order chi connectivity index (χ0) is 18.7. The SMILES string of the molecule is CCc1noc(C(C)Sc2nc3ccc(Br)cc3c(=O)n2CCOC)n1. The van der Waals surface area contributed by atoms with Crippen molar-refractivity contribution in [2.75, 3.05) is 13.7 Å². The summed E-state index contributed by atoms with van der Waals surface area (Å²) in [4.78, 5) is 22.0. The van der Waals surface area contributed by atoms with Crippen LogP contribution in [-0.4, -0.2) is 33.4 Å². The molecule has 138 valence electrons. The van der Waals surface area contributed by atoms with Crippen LogP contribution in [0.1, 0.15) is 30.8 Å². The molecule has 0 aliphatic heterocycles. The zero-order valence-corrected chi connectivity index (χ0v) is 17.1. The lowest BCUT2D eigenvalue weighted by Gasteiger charge is -2.14. The Morgan fingerprint density at radius 2 is 2.19 bits per heavy atom. The molecule has 0 N–H and O–H groups in total. The van der Waals surface area contributed by atoms with E-state index in [-0.39, 0.29) is 10.8 Å². The highest BCUT2D eigenvalue weighted by molar-refractivity contribution is 9.10. The second-order valence-corrected chi connectivity index (χ2v) is 7.89. The molecule has 7 nitrogen and oxygen atoms in total. The van der Waals surface area contributed by atoms with Crippen LogP contribution in [0, 0.1) is 0 Å². The summed E-state index contributed by atoms with van der Waals surface area (Å²) >= 11 is 4.83. The van der Waals surface area contributed by atoms with Crippen LogP contribution >= 0.6 is 27.7 Å². The van der Waals surface area contributed by atoms with Gasteiger partial charge in [-0.25, -0.2) is 4.98 Å². The average Bonchev–Trinajstić information content (AvgIpc) is 3.11. The topological polar surface area (TPSA) is 83.0 Å². The van der Waals surface area contributed by atoms with E-state index in [9.17, 15) is 4.79 Å². The van der Waals surface area contributed by atoms with Crippen LogP contribution in [0.3, 0.4) is 0 Å². The molecule has 0 amide bonds. The normalized spacial score (nSPS) is 12.6. The number of halogens is 1. The first-order valence-corrected chi connectivity index (χ1v) is 9.89. The van der Waals surface area contributed by atoms with Crippen molar-refractivity contribution in [3.05, 3.63) is 44.7 Å². The highest BCUT2D eigenvalue weighted by Crippen LogP contribution is 2.33. The summed E-state index contributed by atoms with van der Waals surface area (Å²) in [6, 6.07) is 5.49. The molecule has 3 rings (SSSR count). The minimum absolute atomic E-state index is 0.0946. The highest BCUT2D eigenvalue weighted by Gasteiger charge is 2.20. The van der Waals surface area contributed by atoms with E-state index in [1.807, 2.05) is 26.0 Å². The van der Waals surface area contributed by atoms with E-state index in [4.69, 9.17) is 9.26 Å². The van der Waals surface area contributed by atoms with Gasteiger partial charge in [0.05, 0.1) is 29.3 Å². The van der Waals surface area contributed by atoms with Crippen LogP contribution in [0.4, 0.5) is 0 Å². The standard InChI is InChI=1S/C17H19BrN4O3S/c1-4-14-20-15(25-21-14)10(2)26-17-19-13-6-5-11(18)9-12(13)16(23)22(17)7-8-24-3/h5-6,9-10H,4,7-8H2,1-3H3. The Morgan fingerprint density at radius 3 is 2.88 bits per heavy atom. The molecule has 1 unspecified atom stereocenters. The molecule has 0 saturated heterocycles. The van der Waals surface area contributed by atoms with E-state index in [1.54, 1.807) is 17.7 Å². The number of benzene rings is 1. The van der Waals surface area contributed by atoms with Crippen LogP contribution in [0.15, 0.2) is 37.1 Å². The van der Waals surface area contributed by atoms with E-state index in [1.165, 1.54) is 11.8 Å². The zero-order valence-electron chi connectivity index (χ0n) is 14.7. The van der Waals surface area contributed by atoms with Crippen molar-refractivity contribution in [1.82, 2.24) is 19.7 Å². The summed E-state index contributed by atoms with van der Waals surface area (Å²) < 4.78 is 12.9. The van der Waals surface area contributed by atoms with Gasteiger partial charge in [-0.05, 0) is 25.1 Å². The summed E-state index contributed by atoms with van der Waals surface area (Å²) in [6.45, 7) is 4.77. The van der Waals surface area contributed by atoms with Crippen molar-refractivity contribution in [3.63, 3.8) is 0 Å². The summed E-state index contributed by atoms with van der Waals surface area (Å²) in [5.41, 5.74) is 0.559. The van der Waals surface area contributed by atoms with Gasteiger partial charge in [-0.2, -0.15) is 4.98 Å². The molecule has 0 aliphatic carbocycles. The Balaban J connectivity index is 2.02. The number of hydrogen-bond acceptors (Lipinski definition) is 7. The molecular weight excluding hydrogens is 420 g/mol. The minimum atomic E-state index is -0.128. The Bertz CT molecular complexity index is 972. The smallest absolute Gasteiger partial charge is 0.262 e. The lowest BCUT2D eigenvalue weighted by Crippen LogP contribution is -2.25. The fourth-order valence-corrected chi connectivity index (χ4v) is 3.75. The molecule has 0 radical (unpaired) electrons. The van der Waals surface area contributed by atoms with Crippen LogP contribution in [0.25, 0.3) is 10.9 Å². The van der Waals surface area contributed by atoms with Crippen molar-refractivity contribution in [3.8, 4) is 0 Å². The lowest BCUT2D eigenvalue weighted by molar-refractivity contribution is 0.183. The monoisotopic (exact) mass is 438 g/mol. The Morgan fingerprint density at radius 1 is 1.38 bits per heavy atom. The van der Waals surface area contributed by atoms with Gasteiger partial charge >= 0.3 is 0 Å². The van der Waals surface area contributed by atoms with E-state index < -0.39 is 0 Å². The summed E-state index contributed by atoms with van der Waals surface area (Å²) in [7, 11) is 1.61. The highest BCUT2D eigenvalue weighted by atomic mass is 79.9. The number of aryl methyl sites for hydroxylation is 1. The number of hydrogen-bond donors (Lipinski definition) is 0. The molecule has 0 aliphatic rings. The summed E-state index contributed by atoms with van der Waals surface area (Å²) in [6.07, 6.45) is 0.711. The van der Waals surface area contributed by atoms with E-state index in [0.717, 1.165) is 4.47 Å². The number of fused-ring (bicyclic) bond motifs is 1. The molecule has 3 aromatic rings. The Hall–Kier alpha value is -1.71. The van der Waals surface area contributed by atoms with Gasteiger partial charge in [0.1, 0.15) is 0 Å². The number of thioether (sulfide) groups is 1. The number of methoxy groups -OCH3 is 1. The van der Waals surface area contributed by atoms with Crippen LogP contribution < -0.4 is 5.56 Å². The molecule has 0 fully saturated rings. The first-order valence-electron chi connectivity index (χ1n) is 8.21. The predicted molar refractivity (Wildman–Crippen MR) is 104 cm³/mol. The Labute approximate surface area is 163 Å². The van der Waals surface area contributed by atoms with E-state index in [2.05, 4.69) is 31.1 Å². The van der Waals surface area contributed by atoms with Gasteiger partial charge in [-0.1, -0.05) is 39.8 Å². The quantitative estimate of drug-likeness (QED) is 0.411. The van der Waals surface area contributed by atoms with Crippen molar-refractivity contribution >= 4 is 38.6 Å². The average molecular weight is 439 g/mol. The largest absolute Gasteiger partial charge is 0.383 e. The van der Waals surface area contributed by atoms with Crippen molar-refractivity contribution in [2.24, 2.45) is 0 Å². The maximum absolute atomic E-state index is 13.0. The second kappa shape index (κ2) is 8.32. The third-order valence-electron chi connectivity index (χ3n) is 3.83. The van der Waals surface area contributed by atoms with Gasteiger partial charge in [0.25, 0.3) is 5.56 Å². The minimum Gasteiger partial charge on any atom is -0.383 e. The van der Waals surface area contributed by atoms with Crippen LogP contribution in [-0.2, 0) is 17.7 Å². The maximum atomic E-state index is 13.0. The molecule has 0 spiro atoms. The lowest BCUT2D eigenvalue weighted by atomic mass is 10.2. The predicted octanol–water partition coefficient (Wildman–Crippen LogP) is 3.60. The third-order valence-corrected chi connectivity index (χ3v) is 5.40. The van der Waals surface area contributed by atoms with Gasteiger partial charge in [0.2, 0.25) is 5.89 Å². The molecule has 0 saturated carbocycles. The fraction of sp³-hybridized carbons (Fsp3) is 0.412. The first-order chi connectivity index (χ1) is 12.5. The number of aromatic nitrogens is 4. The molecule has 1 aromatic carbocycles. The van der Waals surface area contributed by atoms with Gasteiger partial charge in [-0.3, -0.25) is 9.36 Å². The van der Waals surface area contributed by atoms with Crippen molar-refractivity contribution < 1.29 is 9.26 Å². The van der Waals surface area contributed by atoms with E-state index in [0.29, 0.717) is 47.3 Å². The molecule has 26 heavy (non-hydrogen) atoms. The Kier molecular flexibility index (Phi) is 6.10. The molecule has 2 aromatic heterocycles. The van der Waals surface area contributed by atoms with Gasteiger partial charge in [-0.15, -0.1) is 0 Å². The van der Waals surface area contributed by atoms with Gasteiger partial charge < -0.3 is 9.26 Å². The van der Waals surface area contributed by atoms with Crippen molar-refractivity contribution in [2.45, 2.75) is 37.2 Å². The third kappa shape index (κ3) is 3.99.